The van der Waals surface area contributed by atoms with Crippen molar-refractivity contribution in [2.24, 2.45) is 5.41 Å². The van der Waals surface area contributed by atoms with Gasteiger partial charge in [0.1, 0.15) is 0 Å². The molecule has 0 saturated heterocycles. The van der Waals surface area contributed by atoms with Gasteiger partial charge in [-0.3, -0.25) is 0 Å². The van der Waals surface area contributed by atoms with E-state index in [1.54, 1.807) is 7.11 Å². The minimum absolute atomic E-state index is 0.282. The van der Waals surface area contributed by atoms with Gasteiger partial charge in [0.05, 0.1) is 0 Å². The second kappa shape index (κ2) is 7.21. The van der Waals surface area contributed by atoms with Crippen LogP contribution in [0, 0.1) is 5.41 Å². The van der Waals surface area contributed by atoms with Crippen LogP contribution in [0.4, 0.5) is 0 Å². The summed E-state index contributed by atoms with van der Waals surface area (Å²) in [6, 6.07) is 9.23. The van der Waals surface area contributed by atoms with Gasteiger partial charge in [-0.05, 0) is 35.9 Å². The standard InChI is InChI=1S/C17H28N2O/c1-17(2,9-11-20-3)13-18-12-16-15-7-5-4-6-14(15)8-10-19-16/h4-7,16,18-19H,8-13H2,1-3H3. The van der Waals surface area contributed by atoms with Crippen molar-refractivity contribution in [3.8, 4) is 0 Å². The summed E-state index contributed by atoms with van der Waals surface area (Å²) in [5.74, 6) is 0. The molecule has 0 spiro atoms. The zero-order chi connectivity index (χ0) is 14.4. The van der Waals surface area contributed by atoms with Crippen molar-refractivity contribution in [1.29, 1.82) is 0 Å². The van der Waals surface area contributed by atoms with E-state index in [1.165, 1.54) is 11.1 Å². The van der Waals surface area contributed by atoms with Crippen LogP contribution in [0.1, 0.15) is 37.4 Å². The van der Waals surface area contributed by atoms with Crippen LogP contribution in [0.25, 0.3) is 0 Å². The van der Waals surface area contributed by atoms with E-state index < -0.39 is 0 Å². The van der Waals surface area contributed by atoms with Gasteiger partial charge in [0.2, 0.25) is 0 Å². The minimum Gasteiger partial charge on any atom is -0.385 e. The first kappa shape index (κ1) is 15.5. The second-order valence-corrected chi connectivity index (χ2v) is 6.49. The average molecular weight is 276 g/mol. The zero-order valence-electron chi connectivity index (χ0n) is 13.0. The third kappa shape index (κ3) is 4.30. The first-order valence-electron chi connectivity index (χ1n) is 7.63. The van der Waals surface area contributed by atoms with Gasteiger partial charge >= 0.3 is 0 Å². The number of methoxy groups -OCH3 is 1. The molecular formula is C17H28N2O. The lowest BCUT2D eigenvalue weighted by molar-refractivity contribution is 0.150. The fraction of sp³-hybridized carbons (Fsp3) is 0.647. The third-order valence-corrected chi connectivity index (χ3v) is 4.15. The molecule has 20 heavy (non-hydrogen) atoms. The predicted octanol–water partition coefficient (Wildman–Crippen LogP) is 2.53. The first-order chi connectivity index (χ1) is 9.62. The van der Waals surface area contributed by atoms with Gasteiger partial charge in [0, 0.05) is 32.8 Å². The highest BCUT2D eigenvalue weighted by Crippen LogP contribution is 2.23. The van der Waals surface area contributed by atoms with Gasteiger partial charge in [0.15, 0.2) is 0 Å². The molecule has 112 valence electrons. The van der Waals surface area contributed by atoms with E-state index in [1.807, 2.05) is 0 Å². The summed E-state index contributed by atoms with van der Waals surface area (Å²) in [4.78, 5) is 0. The van der Waals surface area contributed by atoms with Gasteiger partial charge in [-0.2, -0.15) is 0 Å². The minimum atomic E-state index is 0.282. The summed E-state index contributed by atoms with van der Waals surface area (Å²) in [6.45, 7) is 8.52. The van der Waals surface area contributed by atoms with Crippen molar-refractivity contribution in [2.45, 2.75) is 32.7 Å². The van der Waals surface area contributed by atoms with E-state index in [4.69, 9.17) is 4.74 Å². The predicted molar refractivity (Wildman–Crippen MR) is 84.0 cm³/mol. The molecule has 1 heterocycles. The van der Waals surface area contributed by atoms with Crippen molar-refractivity contribution in [3.63, 3.8) is 0 Å². The number of ether oxygens (including phenoxy) is 1. The van der Waals surface area contributed by atoms with Crippen molar-refractivity contribution in [3.05, 3.63) is 35.4 Å². The van der Waals surface area contributed by atoms with Gasteiger partial charge in [-0.15, -0.1) is 0 Å². The number of hydrogen-bond donors (Lipinski definition) is 2. The molecule has 1 aromatic rings. The summed E-state index contributed by atoms with van der Waals surface area (Å²) in [5.41, 5.74) is 3.24. The lowest BCUT2D eigenvalue weighted by Gasteiger charge is -2.30. The zero-order valence-corrected chi connectivity index (χ0v) is 13.0. The molecule has 1 atom stereocenters. The number of benzene rings is 1. The average Bonchev–Trinajstić information content (AvgIpc) is 2.45. The quantitative estimate of drug-likeness (QED) is 0.803. The highest BCUT2D eigenvalue weighted by atomic mass is 16.5. The Morgan fingerprint density at radius 3 is 2.95 bits per heavy atom. The number of fused-ring (bicyclic) bond motifs is 1. The Kier molecular flexibility index (Phi) is 5.58. The second-order valence-electron chi connectivity index (χ2n) is 6.49. The summed E-state index contributed by atoms with van der Waals surface area (Å²) >= 11 is 0. The van der Waals surface area contributed by atoms with Gasteiger partial charge in [-0.25, -0.2) is 0 Å². The van der Waals surface area contributed by atoms with E-state index in [9.17, 15) is 0 Å². The maximum atomic E-state index is 5.18. The Labute approximate surface area is 123 Å². The van der Waals surface area contributed by atoms with Crippen LogP contribution in [-0.4, -0.2) is 33.4 Å². The van der Waals surface area contributed by atoms with Gasteiger partial charge < -0.3 is 15.4 Å². The van der Waals surface area contributed by atoms with Crippen LogP contribution in [0.5, 0.6) is 0 Å². The molecule has 2 rings (SSSR count). The Morgan fingerprint density at radius 1 is 1.35 bits per heavy atom. The summed E-state index contributed by atoms with van der Waals surface area (Å²) in [5, 5.41) is 7.24. The third-order valence-electron chi connectivity index (χ3n) is 4.15. The summed E-state index contributed by atoms with van der Waals surface area (Å²) < 4.78 is 5.18. The van der Waals surface area contributed by atoms with E-state index in [0.29, 0.717) is 6.04 Å². The van der Waals surface area contributed by atoms with Crippen LogP contribution in [0.3, 0.4) is 0 Å². The molecular weight excluding hydrogens is 248 g/mol. The smallest absolute Gasteiger partial charge is 0.0467 e. The highest BCUT2D eigenvalue weighted by molar-refractivity contribution is 5.32. The number of rotatable bonds is 7. The molecule has 0 fully saturated rings. The molecule has 0 amide bonds. The molecule has 0 radical (unpaired) electrons. The van der Waals surface area contributed by atoms with Crippen molar-refractivity contribution < 1.29 is 4.74 Å². The van der Waals surface area contributed by atoms with Crippen LogP contribution in [-0.2, 0) is 11.2 Å². The summed E-state index contributed by atoms with van der Waals surface area (Å²) in [7, 11) is 1.77. The van der Waals surface area contributed by atoms with E-state index in [0.717, 1.165) is 39.1 Å². The monoisotopic (exact) mass is 276 g/mol. The Bertz CT molecular complexity index is 417. The van der Waals surface area contributed by atoms with Crippen molar-refractivity contribution >= 4 is 0 Å². The molecule has 3 nitrogen and oxygen atoms in total. The molecule has 1 aromatic carbocycles. The van der Waals surface area contributed by atoms with Crippen LogP contribution in [0.15, 0.2) is 24.3 Å². The molecule has 0 aliphatic carbocycles. The molecule has 1 unspecified atom stereocenters. The maximum Gasteiger partial charge on any atom is 0.0467 e. The highest BCUT2D eigenvalue weighted by Gasteiger charge is 2.21. The first-order valence-corrected chi connectivity index (χ1v) is 7.63. The number of nitrogens with one attached hydrogen (secondary N) is 2. The van der Waals surface area contributed by atoms with Crippen LogP contribution < -0.4 is 10.6 Å². The van der Waals surface area contributed by atoms with E-state index in [-0.39, 0.29) is 5.41 Å². The molecule has 0 aromatic heterocycles. The number of hydrogen-bond acceptors (Lipinski definition) is 3. The Hall–Kier alpha value is -0.900. The van der Waals surface area contributed by atoms with Crippen LogP contribution in [0.2, 0.25) is 0 Å². The molecule has 0 bridgehead atoms. The largest absolute Gasteiger partial charge is 0.385 e. The molecule has 2 N–H and O–H groups in total. The fourth-order valence-electron chi connectivity index (χ4n) is 2.80. The fourth-order valence-corrected chi connectivity index (χ4v) is 2.80. The SMILES string of the molecule is COCCC(C)(C)CNCC1NCCc2ccccc21. The summed E-state index contributed by atoms with van der Waals surface area (Å²) in [6.07, 6.45) is 2.23. The van der Waals surface area contributed by atoms with E-state index in [2.05, 4.69) is 48.7 Å². The molecule has 1 aliphatic heterocycles. The van der Waals surface area contributed by atoms with Crippen molar-refractivity contribution in [1.82, 2.24) is 10.6 Å². The molecule has 0 saturated carbocycles. The topological polar surface area (TPSA) is 33.3 Å². The van der Waals surface area contributed by atoms with E-state index >= 15 is 0 Å². The van der Waals surface area contributed by atoms with Crippen molar-refractivity contribution in [2.75, 3.05) is 33.4 Å². The van der Waals surface area contributed by atoms with Crippen LogP contribution >= 0.6 is 0 Å². The maximum absolute atomic E-state index is 5.18. The lowest BCUT2D eigenvalue weighted by atomic mass is 9.89. The van der Waals surface area contributed by atoms with Gasteiger partial charge in [-0.1, -0.05) is 38.1 Å². The lowest BCUT2D eigenvalue weighted by Crippen LogP contribution is -2.39. The molecule has 1 aliphatic rings. The Balaban J connectivity index is 1.83. The Morgan fingerprint density at radius 2 is 2.15 bits per heavy atom. The van der Waals surface area contributed by atoms with Gasteiger partial charge in [0.25, 0.3) is 0 Å². The normalized spacial score (nSPS) is 18.9. The molecule has 3 heteroatoms.